The number of ether oxygens (including phenoxy) is 1. The van der Waals surface area contributed by atoms with Crippen molar-refractivity contribution in [3.05, 3.63) is 69.8 Å². The molecule has 1 N–H and O–H groups in total. The Bertz CT molecular complexity index is 818. The molecule has 1 aliphatic rings. The van der Waals surface area contributed by atoms with Crippen LogP contribution in [0.15, 0.2) is 58.7 Å². The largest absolute Gasteiger partial charge is 0.488 e. The highest BCUT2D eigenvalue weighted by atomic mass is 79.9. The number of likely N-dealkylation sites (N-methyl/N-ethyl adjacent to an activating group) is 1. The van der Waals surface area contributed by atoms with Gasteiger partial charge in [0.15, 0.2) is 5.11 Å². The first kappa shape index (κ1) is 16.7. The number of rotatable bonds is 4. The van der Waals surface area contributed by atoms with Gasteiger partial charge < -0.3 is 10.1 Å². The Morgan fingerprint density at radius 1 is 1.21 bits per heavy atom. The van der Waals surface area contributed by atoms with E-state index in [1.54, 1.807) is 13.1 Å². The number of carbonyl (C=O) groups is 1. The quantitative estimate of drug-likeness (QED) is 0.624. The normalized spacial score (nSPS) is 15.8. The van der Waals surface area contributed by atoms with Gasteiger partial charge in [0.2, 0.25) is 0 Å². The maximum atomic E-state index is 12.1. The standard InChI is InChI=1S/C18H15BrN2O2S/c1-21-17(22)15(20-18(21)24)10-13-4-2-3-5-16(13)23-11-12-6-8-14(19)9-7-12/h2-10H,11H2,1H3,(H,20,24)/b15-10-. The molecule has 1 aliphatic heterocycles. The number of para-hydroxylation sites is 1. The van der Waals surface area contributed by atoms with Crippen LogP contribution >= 0.6 is 28.1 Å². The van der Waals surface area contributed by atoms with Gasteiger partial charge in [0.05, 0.1) is 0 Å². The van der Waals surface area contributed by atoms with Gasteiger partial charge in [0.25, 0.3) is 5.91 Å². The summed E-state index contributed by atoms with van der Waals surface area (Å²) in [6, 6.07) is 15.5. The van der Waals surface area contributed by atoms with E-state index < -0.39 is 0 Å². The molecule has 1 amide bonds. The molecule has 0 aliphatic carbocycles. The third-order valence-electron chi connectivity index (χ3n) is 3.61. The second-order valence-corrected chi connectivity index (χ2v) is 6.61. The van der Waals surface area contributed by atoms with Crippen LogP contribution in [0, 0.1) is 0 Å². The Morgan fingerprint density at radius 3 is 2.58 bits per heavy atom. The van der Waals surface area contributed by atoms with Crippen LogP contribution in [-0.4, -0.2) is 23.0 Å². The van der Waals surface area contributed by atoms with Gasteiger partial charge in [-0.3, -0.25) is 9.69 Å². The minimum absolute atomic E-state index is 0.150. The zero-order valence-corrected chi connectivity index (χ0v) is 15.4. The number of benzene rings is 2. The van der Waals surface area contributed by atoms with Crippen LogP contribution < -0.4 is 10.1 Å². The van der Waals surface area contributed by atoms with Crippen LogP contribution in [0.5, 0.6) is 5.75 Å². The molecular weight excluding hydrogens is 388 g/mol. The number of hydrogen-bond donors (Lipinski definition) is 1. The van der Waals surface area contributed by atoms with Gasteiger partial charge >= 0.3 is 0 Å². The fraction of sp³-hybridized carbons (Fsp3) is 0.111. The first-order valence-corrected chi connectivity index (χ1v) is 8.52. The molecule has 4 nitrogen and oxygen atoms in total. The highest BCUT2D eigenvalue weighted by Gasteiger charge is 2.27. The lowest BCUT2D eigenvalue weighted by molar-refractivity contribution is -0.121. The van der Waals surface area contributed by atoms with Crippen LogP contribution in [0.3, 0.4) is 0 Å². The Balaban J connectivity index is 1.79. The van der Waals surface area contributed by atoms with Crippen LogP contribution in [0.2, 0.25) is 0 Å². The number of nitrogens with zero attached hydrogens (tertiary/aromatic N) is 1. The molecule has 2 aromatic carbocycles. The van der Waals surface area contributed by atoms with Crippen molar-refractivity contribution in [1.29, 1.82) is 0 Å². The van der Waals surface area contributed by atoms with Gasteiger partial charge in [-0.15, -0.1) is 0 Å². The number of thiocarbonyl (C=S) groups is 1. The van der Waals surface area contributed by atoms with E-state index in [1.165, 1.54) is 4.90 Å². The minimum atomic E-state index is -0.150. The van der Waals surface area contributed by atoms with Crippen molar-refractivity contribution in [2.24, 2.45) is 0 Å². The van der Waals surface area contributed by atoms with Crippen molar-refractivity contribution in [2.45, 2.75) is 6.61 Å². The van der Waals surface area contributed by atoms with Gasteiger partial charge in [-0.2, -0.15) is 0 Å². The van der Waals surface area contributed by atoms with Crippen molar-refractivity contribution in [3.8, 4) is 5.75 Å². The molecule has 3 rings (SSSR count). The molecule has 1 saturated heterocycles. The molecule has 122 valence electrons. The zero-order chi connectivity index (χ0) is 17.1. The predicted octanol–water partition coefficient (Wildman–Crippen LogP) is 3.72. The lowest BCUT2D eigenvalue weighted by atomic mass is 10.1. The number of hydrogen-bond acceptors (Lipinski definition) is 3. The summed E-state index contributed by atoms with van der Waals surface area (Å²) < 4.78 is 6.95. The van der Waals surface area contributed by atoms with Gasteiger partial charge in [-0.05, 0) is 42.1 Å². The second-order valence-electron chi connectivity index (χ2n) is 5.31. The average molecular weight is 403 g/mol. The topological polar surface area (TPSA) is 41.6 Å². The highest BCUT2D eigenvalue weighted by molar-refractivity contribution is 9.10. The zero-order valence-electron chi connectivity index (χ0n) is 13.0. The van der Waals surface area contributed by atoms with E-state index in [-0.39, 0.29) is 5.91 Å². The Hall–Kier alpha value is -2.18. The molecule has 0 unspecified atom stereocenters. The molecule has 24 heavy (non-hydrogen) atoms. The first-order chi connectivity index (χ1) is 11.5. The third kappa shape index (κ3) is 3.66. The summed E-state index contributed by atoms with van der Waals surface area (Å²) in [5.41, 5.74) is 2.34. The summed E-state index contributed by atoms with van der Waals surface area (Å²) in [4.78, 5) is 13.5. The minimum Gasteiger partial charge on any atom is -0.488 e. The van der Waals surface area contributed by atoms with E-state index in [9.17, 15) is 4.79 Å². The summed E-state index contributed by atoms with van der Waals surface area (Å²) in [6.45, 7) is 0.452. The maximum Gasteiger partial charge on any atom is 0.276 e. The van der Waals surface area contributed by atoms with Crippen molar-refractivity contribution < 1.29 is 9.53 Å². The third-order valence-corrected chi connectivity index (χ3v) is 4.51. The Labute approximate surface area is 154 Å². The lowest BCUT2D eigenvalue weighted by Gasteiger charge is -2.10. The summed E-state index contributed by atoms with van der Waals surface area (Å²) in [6.07, 6.45) is 1.76. The van der Waals surface area contributed by atoms with Crippen LogP contribution in [-0.2, 0) is 11.4 Å². The molecule has 0 radical (unpaired) electrons. The molecule has 0 atom stereocenters. The summed E-state index contributed by atoms with van der Waals surface area (Å²) in [5.74, 6) is 0.561. The first-order valence-electron chi connectivity index (χ1n) is 7.31. The van der Waals surface area contributed by atoms with Crippen LogP contribution in [0.1, 0.15) is 11.1 Å². The fourth-order valence-electron chi connectivity index (χ4n) is 2.25. The van der Waals surface area contributed by atoms with E-state index in [0.29, 0.717) is 23.2 Å². The lowest BCUT2D eigenvalue weighted by Crippen LogP contribution is -2.25. The molecule has 0 bridgehead atoms. The molecule has 0 aromatic heterocycles. The Kier molecular flexibility index (Phi) is 4.97. The summed E-state index contributed by atoms with van der Waals surface area (Å²) in [5, 5.41) is 3.32. The summed E-state index contributed by atoms with van der Waals surface area (Å²) >= 11 is 8.50. The molecular formula is C18H15BrN2O2S. The van der Waals surface area contributed by atoms with Crippen LogP contribution in [0.4, 0.5) is 0 Å². The highest BCUT2D eigenvalue weighted by Crippen LogP contribution is 2.23. The maximum absolute atomic E-state index is 12.1. The van der Waals surface area contributed by atoms with Gasteiger partial charge in [0, 0.05) is 17.1 Å². The molecule has 0 spiro atoms. The van der Waals surface area contributed by atoms with Crippen molar-refractivity contribution in [1.82, 2.24) is 10.2 Å². The van der Waals surface area contributed by atoms with E-state index in [1.807, 2.05) is 48.5 Å². The number of halogens is 1. The number of amides is 1. The smallest absolute Gasteiger partial charge is 0.276 e. The van der Waals surface area contributed by atoms with E-state index in [4.69, 9.17) is 17.0 Å². The fourth-order valence-corrected chi connectivity index (χ4v) is 2.71. The summed E-state index contributed by atoms with van der Waals surface area (Å²) in [7, 11) is 1.65. The molecule has 2 aromatic rings. The van der Waals surface area contributed by atoms with E-state index >= 15 is 0 Å². The number of nitrogens with one attached hydrogen (secondary N) is 1. The van der Waals surface area contributed by atoms with Gasteiger partial charge in [0.1, 0.15) is 18.1 Å². The number of carbonyl (C=O) groups excluding carboxylic acids is 1. The van der Waals surface area contributed by atoms with Crippen molar-refractivity contribution in [2.75, 3.05) is 7.05 Å². The van der Waals surface area contributed by atoms with Crippen LogP contribution in [0.25, 0.3) is 6.08 Å². The van der Waals surface area contributed by atoms with Gasteiger partial charge in [-0.25, -0.2) is 0 Å². The van der Waals surface area contributed by atoms with E-state index in [0.717, 1.165) is 15.6 Å². The molecule has 1 fully saturated rings. The van der Waals surface area contributed by atoms with Crippen molar-refractivity contribution in [3.63, 3.8) is 0 Å². The predicted molar refractivity (Wildman–Crippen MR) is 101 cm³/mol. The van der Waals surface area contributed by atoms with E-state index in [2.05, 4.69) is 21.2 Å². The monoisotopic (exact) mass is 402 g/mol. The molecule has 1 heterocycles. The van der Waals surface area contributed by atoms with Gasteiger partial charge in [-0.1, -0.05) is 46.3 Å². The Morgan fingerprint density at radius 2 is 1.92 bits per heavy atom. The average Bonchev–Trinajstić information content (AvgIpc) is 2.82. The second kappa shape index (κ2) is 7.15. The van der Waals surface area contributed by atoms with Crippen molar-refractivity contribution >= 4 is 45.2 Å². The molecule has 6 heteroatoms. The SMILES string of the molecule is CN1C(=O)/C(=C/c2ccccc2OCc2ccc(Br)cc2)NC1=S. The molecule has 0 saturated carbocycles.